The van der Waals surface area contributed by atoms with Crippen molar-refractivity contribution >= 4 is 23.4 Å². The highest BCUT2D eigenvalue weighted by Gasteiger charge is 2.14. The normalized spacial score (nSPS) is 10.6. The second-order valence-electron chi connectivity index (χ2n) is 6.22. The molecule has 0 aliphatic rings. The Morgan fingerprint density at radius 2 is 2.00 bits per heavy atom. The summed E-state index contributed by atoms with van der Waals surface area (Å²) in [5.74, 6) is 1.13. The number of carbonyl (C=O) groups excluding carboxylic acids is 1. The van der Waals surface area contributed by atoms with Gasteiger partial charge in [0.2, 0.25) is 5.91 Å². The zero-order valence-electron chi connectivity index (χ0n) is 16.3. The largest absolute Gasteiger partial charge is 0.493 e. The number of hydrogen-bond acceptors (Lipinski definition) is 6. The standard InChI is InChI=1S/C20H21FN4O3S/c1-13-8-9-16(17(10-13)27-3)28-11-18-23-24-20(25(18)2)29-12-19(26)22-15-7-5-4-6-14(15)21/h4-10H,11-12H2,1-3H3,(H,22,26). The highest BCUT2D eigenvalue weighted by molar-refractivity contribution is 7.99. The highest BCUT2D eigenvalue weighted by atomic mass is 32.2. The molecule has 0 aliphatic carbocycles. The molecule has 152 valence electrons. The van der Waals surface area contributed by atoms with Crippen LogP contribution in [0.5, 0.6) is 11.5 Å². The van der Waals surface area contributed by atoms with E-state index in [9.17, 15) is 9.18 Å². The quantitative estimate of drug-likeness (QED) is 0.566. The lowest BCUT2D eigenvalue weighted by Gasteiger charge is -2.11. The SMILES string of the molecule is COc1cc(C)ccc1OCc1nnc(SCC(=O)Nc2ccccc2F)n1C. The number of carbonyl (C=O) groups is 1. The lowest BCUT2D eigenvalue weighted by atomic mass is 10.2. The Bertz CT molecular complexity index is 1010. The van der Waals surface area contributed by atoms with Crippen molar-refractivity contribution in [1.82, 2.24) is 14.8 Å². The molecule has 0 unspecified atom stereocenters. The first-order valence-electron chi connectivity index (χ1n) is 8.81. The maximum absolute atomic E-state index is 13.6. The summed E-state index contributed by atoms with van der Waals surface area (Å²) in [6.07, 6.45) is 0. The van der Waals surface area contributed by atoms with Gasteiger partial charge in [0.1, 0.15) is 12.4 Å². The maximum Gasteiger partial charge on any atom is 0.234 e. The van der Waals surface area contributed by atoms with Gasteiger partial charge in [0.25, 0.3) is 0 Å². The number of ether oxygens (including phenoxy) is 2. The fourth-order valence-electron chi connectivity index (χ4n) is 2.51. The molecule has 3 rings (SSSR count). The first-order valence-corrected chi connectivity index (χ1v) is 9.79. The van der Waals surface area contributed by atoms with Crippen LogP contribution in [0.25, 0.3) is 0 Å². The second kappa shape index (κ2) is 9.42. The number of halogens is 1. The van der Waals surface area contributed by atoms with Gasteiger partial charge < -0.3 is 19.4 Å². The number of nitrogens with one attached hydrogen (secondary N) is 1. The van der Waals surface area contributed by atoms with E-state index in [0.29, 0.717) is 22.5 Å². The average Bonchev–Trinajstić information content (AvgIpc) is 3.06. The van der Waals surface area contributed by atoms with Crippen LogP contribution < -0.4 is 14.8 Å². The van der Waals surface area contributed by atoms with Crippen molar-refractivity contribution in [3.05, 3.63) is 59.7 Å². The smallest absolute Gasteiger partial charge is 0.234 e. The van der Waals surface area contributed by atoms with Crippen LogP contribution in [0.4, 0.5) is 10.1 Å². The van der Waals surface area contributed by atoms with Crippen LogP contribution in [-0.2, 0) is 18.4 Å². The van der Waals surface area contributed by atoms with Gasteiger partial charge in [-0.1, -0.05) is 30.0 Å². The Morgan fingerprint density at radius 3 is 2.76 bits per heavy atom. The summed E-state index contributed by atoms with van der Waals surface area (Å²) in [6, 6.07) is 11.7. The number of methoxy groups -OCH3 is 1. The third-order valence-electron chi connectivity index (χ3n) is 4.08. The summed E-state index contributed by atoms with van der Waals surface area (Å²) in [6.45, 7) is 2.17. The molecule has 0 fully saturated rings. The number of aryl methyl sites for hydroxylation is 1. The molecule has 0 saturated carbocycles. The summed E-state index contributed by atoms with van der Waals surface area (Å²) < 4.78 is 26.5. The van der Waals surface area contributed by atoms with E-state index in [1.165, 1.54) is 23.9 Å². The number of hydrogen-bond donors (Lipinski definition) is 1. The Hall–Kier alpha value is -3.07. The van der Waals surface area contributed by atoms with Gasteiger partial charge in [-0.3, -0.25) is 4.79 Å². The summed E-state index contributed by atoms with van der Waals surface area (Å²) >= 11 is 1.21. The molecule has 1 heterocycles. The number of benzene rings is 2. The molecule has 0 bridgehead atoms. The van der Waals surface area contributed by atoms with E-state index in [2.05, 4.69) is 15.5 Å². The van der Waals surface area contributed by atoms with Crippen molar-refractivity contribution < 1.29 is 18.7 Å². The fourth-order valence-corrected chi connectivity index (χ4v) is 3.24. The first-order chi connectivity index (χ1) is 14.0. The number of amides is 1. The van der Waals surface area contributed by atoms with Crippen LogP contribution in [0.2, 0.25) is 0 Å². The van der Waals surface area contributed by atoms with Crippen molar-refractivity contribution in [2.45, 2.75) is 18.7 Å². The molecule has 0 aliphatic heterocycles. The van der Waals surface area contributed by atoms with Crippen LogP contribution in [-0.4, -0.2) is 33.5 Å². The Kier molecular flexibility index (Phi) is 6.71. The van der Waals surface area contributed by atoms with E-state index < -0.39 is 5.82 Å². The van der Waals surface area contributed by atoms with E-state index in [1.54, 1.807) is 30.9 Å². The molecule has 0 atom stereocenters. The Balaban J connectivity index is 1.57. The van der Waals surface area contributed by atoms with Gasteiger partial charge in [-0.05, 0) is 36.8 Å². The topological polar surface area (TPSA) is 78.3 Å². The fraction of sp³-hybridized carbons (Fsp3) is 0.250. The molecule has 29 heavy (non-hydrogen) atoms. The lowest BCUT2D eigenvalue weighted by molar-refractivity contribution is -0.113. The average molecular weight is 416 g/mol. The van der Waals surface area contributed by atoms with Gasteiger partial charge >= 0.3 is 0 Å². The third kappa shape index (κ3) is 5.26. The van der Waals surface area contributed by atoms with E-state index >= 15 is 0 Å². The molecule has 1 N–H and O–H groups in total. The molecular formula is C20H21FN4O3S. The molecule has 1 amide bonds. The van der Waals surface area contributed by atoms with E-state index in [-0.39, 0.29) is 24.0 Å². The van der Waals surface area contributed by atoms with Crippen LogP contribution in [0.1, 0.15) is 11.4 Å². The predicted molar refractivity (Wildman–Crippen MR) is 109 cm³/mol. The number of rotatable bonds is 8. The lowest BCUT2D eigenvalue weighted by Crippen LogP contribution is -2.15. The highest BCUT2D eigenvalue weighted by Crippen LogP contribution is 2.28. The van der Waals surface area contributed by atoms with Crippen LogP contribution in [0.15, 0.2) is 47.6 Å². The second-order valence-corrected chi connectivity index (χ2v) is 7.16. The van der Waals surface area contributed by atoms with Gasteiger partial charge in [0, 0.05) is 7.05 Å². The van der Waals surface area contributed by atoms with Crippen molar-refractivity contribution in [3.8, 4) is 11.5 Å². The van der Waals surface area contributed by atoms with Crippen molar-refractivity contribution in [1.29, 1.82) is 0 Å². The van der Waals surface area contributed by atoms with Crippen LogP contribution in [0, 0.1) is 12.7 Å². The van der Waals surface area contributed by atoms with E-state index in [4.69, 9.17) is 9.47 Å². The van der Waals surface area contributed by atoms with Crippen molar-refractivity contribution in [3.63, 3.8) is 0 Å². The number of nitrogens with zero attached hydrogens (tertiary/aromatic N) is 3. The minimum Gasteiger partial charge on any atom is -0.493 e. The van der Waals surface area contributed by atoms with Gasteiger partial charge in [-0.2, -0.15) is 0 Å². The van der Waals surface area contributed by atoms with Crippen LogP contribution >= 0.6 is 11.8 Å². The molecule has 0 spiro atoms. The molecule has 0 radical (unpaired) electrons. The number of para-hydroxylation sites is 1. The van der Waals surface area contributed by atoms with Gasteiger partial charge in [-0.15, -0.1) is 10.2 Å². The summed E-state index contributed by atoms with van der Waals surface area (Å²) in [5, 5.41) is 11.3. The zero-order valence-corrected chi connectivity index (χ0v) is 17.1. The minimum absolute atomic E-state index is 0.0763. The summed E-state index contributed by atoms with van der Waals surface area (Å²) in [4.78, 5) is 12.1. The summed E-state index contributed by atoms with van der Waals surface area (Å²) in [5.41, 5.74) is 1.22. The van der Waals surface area contributed by atoms with Crippen molar-refractivity contribution in [2.75, 3.05) is 18.2 Å². The Morgan fingerprint density at radius 1 is 1.21 bits per heavy atom. The number of thioether (sulfide) groups is 1. The van der Waals surface area contributed by atoms with Gasteiger partial charge in [0.05, 0.1) is 18.6 Å². The number of anilines is 1. The van der Waals surface area contributed by atoms with E-state index in [0.717, 1.165) is 5.56 Å². The molecular weight excluding hydrogens is 395 g/mol. The monoisotopic (exact) mass is 416 g/mol. The van der Waals surface area contributed by atoms with Crippen LogP contribution in [0.3, 0.4) is 0 Å². The number of aromatic nitrogens is 3. The van der Waals surface area contributed by atoms with E-state index in [1.807, 2.05) is 25.1 Å². The first kappa shape index (κ1) is 20.7. The molecule has 9 heteroatoms. The third-order valence-corrected chi connectivity index (χ3v) is 5.10. The Labute approximate surface area is 172 Å². The van der Waals surface area contributed by atoms with Crippen molar-refractivity contribution in [2.24, 2.45) is 7.05 Å². The molecule has 0 saturated heterocycles. The minimum atomic E-state index is -0.476. The summed E-state index contributed by atoms with van der Waals surface area (Å²) in [7, 11) is 3.38. The molecule has 2 aromatic carbocycles. The predicted octanol–water partition coefficient (Wildman–Crippen LogP) is 3.58. The molecule has 3 aromatic rings. The molecule has 7 nitrogen and oxygen atoms in total. The maximum atomic E-state index is 13.6. The van der Waals surface area contributed by atoms with Gasteiger partial charge in [-0.25, -0.2) is 4.39 Å². The molecule has 1 aromatic heterocycles. The zero-order chi connectivity index (χ0) is 20.8. The van der Waals surface area contributed by atoms with Gasteiger partial charge in [0.15, 0.2) is 22.5 Å².